The molecule has 7 nitrogen and oxygen atoms in total. The summed E-state index contributed by atoms with van der Waals surface area (Å²) in [5, 5.41) is 0. The number of allylic oxidation sites excluding steroid dienone is 2. The molecule has 1 heterocycles. The molecule has 2 rings (SSSR count). The van der Waals surface area contributed by atoms with Crippen molar-refractivity contribution < 1.29 is 33.3 Å². The molecular formula is C28H40O7S. The molecule has 8 heteroatoms. The molecule has 1 saturated heterocycles. The first-order chi connectivity index (χ1) is 17.5. The minimum absolute atomic E-state index is 0.0448. The third kappa shape index (κ3) is 10.1. The summed E-state index contributed by atoms with van der Waals surface area (Å²) in [6.45, 7) is 7.36. The second-order valence-corrected chi connectivity index (χ2v) is 9.75. The smallest absolute Gasteiger partial charge is 0.306 e. The van der Waals surface area contributed by atoms with E-state index in [0.29, 0.717) is 12.8 Å². The third-order valence-corrected chi connectivity index (χ3v) is 7.04. The molecule has 1 aromatic rings. The average molecular weight is 521 g/mol. The molecule has 0 N–H and O–H groups in total. The standard InChI is InChI=1S/C28H40O7S/c1-5-7-9-14-18-23(29)33-20-22-25(35-24(30)19-15-10-8-6-2)26(31-3)27(32-4)28(34-22)36-21-16-12-11-13-17-21/h5-6,11-13,16-17,22,25-28H,1-2,7-10,14-15,18-20H2,3-4H3/t22-,25-,26+,27-,28+/m1/s1. The van der Waals surface area contributed by atoms with Crippen LogP contribution in [-0.4, -0.2) is 62.6 Å². The first kappa shape index (κ1) is 30.1. The van der Waals surface area contributed by atoms with Gasteiger partial charge in [-0.15, -0.1) is 13.2 Å². The second kappa shape index (κ2) is 17.3. The second-order valence-electron chi connectivity index (χ2n) is 8.58. The van der Waals surface area contributed by atoms with E-state index in [1.165, 1.54) is 11.8 Å². The highest BCUT2D eigenvalue weighted by molar-refractivity contribution is 7.99. The lowest BCUT2D eigenvalue weighted by atomic mass is 9.99. The Labute approximate surface area is 219 Å². The van der Waals surface area contributed by atoms with Gasteiger partial charge in [0.15, 0.2) is 6.10 Å². The number of methoxy groups -OCH3 is 2. The number of unbranched alkanes of at least 4 members (excludes halogenated alkanes) is 4. The number of esters is 2. The SMILES string of the molecule is C=CCCCCC(=O)OC[C@H]1O[C@@H](Sc2ccccc2)[C@H](OC)[C@@H](OC)[C@@H]1OC(=O)CCCCC=C. The van der Waals surface area contributed by atoms with Gasteiger partial charge < -0.3 is 23.7 Å². The molecule has 0 unspecified atom stereocenters. The van der Waals surface area contributed by atoms with Gasteiger partial charge in [-0.3, -0.25) is 9.59 Å². The van der Waals surface area contributed by atoms with Crippen LogP contribution in [0.5, 0.6) is 0 Å². The Balaban J connectivity index is 2.13. The van der Waals surface area contributed by atoms with Crippen molar-refractivity contribution in [3.05, 3.63) is 55.6 Å². The minimum atomic E-state index is -0.784. The zero-order valence-corrected chi connectivity index (χ0v) is 22.3. The fourth-order valence-electron chi connectivity index (χ4n) is 3.97. The van der Waals surface area contributed by atoms with Crippen molar-refractivity contribution in [2.24, 2.45) is 0 Å². The van der Waals surface area contributed by atoms with Gasteiger partial charge in [0.1, 0.15) is 30.4 Å². The van der Waals surface area contributed by atoms with Gasteiger partial charge in [0.2, 0.25) is 0 Å². The van der Waals surface area contributed by atoms with Crippen molar-refractivity contribution in [1.29, 1.82) is 0 Å². The molecule has 0 bridgehead atoms. The lowest BCUT2D eigenvalue weighted by Gasteiger charge is -2.44. The molecule has 0 spiro atoms. The molecule has 1 aliphatic rings. The highest BCUT2D eigenvalue weighted by Crippen LogP contribution is 2.37. The van der Waals surface area contributed by atoms with E-state index < -0.39 is 29.9 Å². The van der Waals surface area contributed by atoms with Gasteiger partial charge in [-0.25, -0.2) is 0 Å². The molecule has 0 aromatic heterocycles. The number of hydrogen-bond donors (Lipinski definition) is 0. The van der Waals surface area contributed by atoms with Gasteiger partial charge in [0.05, 0.1) is 0 Å². The maximum absolute atomic E-state index is 12.7. The normalized spacial score (nSPS) is 23.6. The van der Waals surface area contributed by atoms with Crippen molar-refractivity contribution in [3.8, 4) is 0 Å². The fourth-order valence-corrected chi connectivity index (χ4v) is 5.15. The maximum Gasteiger partial charge on any atom is 0.306 e. The molecule has 36 heavy (non-hydrogen) atoms. The first-order valence-electron chi connectivity index (χ1n) is 12.5. The van der Waals surface area contributed by atoms with Crippen molar-refractivity contribution in [2.45, 2.75) is 86.1 Å². The Kier molecular flexibility index (Phi) is 14.5. The molecule has 5 atom stereocenters. The first-order valence-corrected chi connectivity index (χ1v) is 13.4. The predicted molar refractivity (Wildman–Crippen MR) is 141 cm³/mol. The lowest BCUT2D eigenvalue weighted by molar-refractivity contribution is -0.234. The summed E-state index contributed by atoms with van der Waals surface area (Å²) >= 11 is 1.49. The fraction of sp³-hybridized carbons (Fsp3) is 0.571. The van der Waals surface area contributed by atoms with Crippen LogP contribution in [-0.2, 0) is 33.3 Å². The monoisotopic (exact) mass is 520 g/mol. The van der Waals surface area contributed by atoms with E-state index in [9.17, 15) is 9.59 Å². The van der Waals surface area contributed by atoms with Crippen LogP contribution in [0.25, 0.3) is 0 Å². The van der Waals surface area contributed by atoms with Crippen LogP contribution >= 0.6 is 11.8 Å². The zero-order chi connectivity index (χ0) is 26.2. The Morgan fingerprint density at radius 2 is 1.50 bits per heavy atom. The van der Waals surface area contributed by atoms with E-state index in [-0.39, 0.29) is 25.0 Å². The summed E-state index contributed by atoms with van der Waals surface area (Å²) in [5.74, 6) is -0.660. The molecule has 0 saturated carbocycles. The topological polar surface area (TPSA) is 80.3 Å². The number of carbonyl (C=O) groups excluding carboxylic acids is 2. The summed E-state index contributed by atoms with van der Waals surface area (Å²) in [6.07, 6.45) is 6.51. The summed E-state index contributed by atoms with van der Waals surface area (Å²) in [5.41, 5.74) is -0.457. The van der Waals surface area contributed by atoms with E-state index in [0.717, 1.165) is 37.0 Å². The summed E-state index contributed by atoms with van der Waals surface area (Å²) in [6, 6.07) is 9.80. The van der Waals surface area contributed by atoms with Gasteiger partial charge in [-0.1, -0.05) is 42.1 Å². The van der Waals surface area contributed by atoms with Gasteiger partial charge in [0, 0.05) is 32.0 Å². The summed E-state index contributed by atoms with van der Waals surface area (Å²) in [4.78, 5) is 26.0. The highest BCUT2D eigenvalue weighted by Gasteiger charge is 2.49. The molecule has 200 valence electrons. The van der Waals surface area contributed by atoms with Crippen LogP contribution in [0.15, 0.2) is 60.5 Å². The summed E-state index contributed by atoms with van der Waals surface area (Å²) < 4.78 is 29.3. The van der Waals surface area contributed by atoms with Crippen molar-refractivity contribution in [3.63, 3.8) is 0 Å². The number of thioether (sulfide) groups is 1. The van der Waals surface area contributed by atoms with Crippen LogP contribution in [0.2, 0.25) is 0 Å². The highest BCUT2D eigenvalue weighted by atomic mass is 32.2. The van der Waals surface area contributed by atoms with E-state index in [1.807, 2.05) is 42.5 Å². The Morgan fingerprint density at radius 1 is 0.889 bits per heavy atom. The Bertz CT molecular complexity index is 800. The number of benzene rings is 1. The van der Waals surface area contributed by atoms with Crippen molar-refractivity contribution in [2.75, 3.05) is 20.8 Å². The number of ether oxygens (including phenoxy) is 5. The quantitative estimate of drug-likeness (QED) is 0.152. The molecule has 0 amide bonds. The molecule has 1 fully saturated rings. The Hall–Kier alpha value is -2.13. The number of hydrogen-bond acceptors (Lipinski definition) is 8. The summed E-state index contributed by atoms with van der Waals surface area (Å²) in [7, 11) is 3.14. The molecule has 1 aromatic carbocycles. The van der Waals surface area contributed by atoms with Gasteiger partial charge >= 0.3 is 11.9 Å². The van der Waals surface area contributed by atoms with Gasteiger partial charge in [-0.2, -0.15) is 0 Å². The Morgan fingerprint density at radius 3 is 2.08 bits per heavy atom. The maximum atomic E-state index is 12.7. The predicted octanol–water partition coefficient (Wildman–Crippen LogP) is 5.48. The molecule has 0 radical (unpaired) electrons. The van der Waals surface area contributed by atoms with E-state index in [2.05, 4.69) is 13.2 Å². The van der Waals surface area contributed by atoms with E-state index in [4.69, 9.17) is 23.7 Å². The molecule has 1 aliphatic heterocycles. The largest absolute Gasteiger partial charge is 0.463 e. The lowest BCUT2D eigenvalue weighted by Crippen LogP contribution is -2.60. The zero-order valence-electron chi connectivity index (χ0n) is 21.5. The van der Waals surface area contributed by atoms with Gasteiger partial charge in [0.25, 0.3) is 0 Å². The van der Waals surface area contributed by atoms with Crippen LogP contribution in [0.1, 0.15) is 51.4 Å². The van der Waals surface area contributed by atoms with Crippen LogP contribution in [0.3, 0.4) is 0 Å². The van der Waals surface area contributed by atoms with Crippen molar-refractivity contribution in [1.82, 2.24) is 0 Å². The molecular weight excluding hydrogens is 480 g/mol. The van der Waals surface area contributed by atoms with Gasteiger partial charge in [-0.05, 0) is 50.7 Å². The third-order valence-electron chi connectivity index (χ3n) is 5.89. The average Bonchev–Trinajstić information content (AvgIpc) is 2.89. The molecule has 0 aliphatic carbocycles. The van der Waals surface area contributed by atoms with E-state index >= 15 is 0 Å². The minimum Gasteiger partial charge on any atom is -0.463 e. The van der Waals surface area contributed by atoms with Crippen molar-refractivity contribution >= 4 is 23.7 Å². The van der Waals surface area contributed by atoms with Crippen LogP contribution in [0, 0.1) is 0 Å². The van der Waals surface area contributed by atoms with Crippen LogP contribution in [0.4, 0.5) is 0 Å². The number of rotatable bonds is 17. The van der Waals surface area contributed by atoms with Crippen LogP contribution < -0.4 is 0 Å². The van der Waals surface area contributed by atoms with E-state index in [1.54, 1.807) is 14.2 Å². The number of carbonyl (C=O) groups is 2.